The number of fused-ring (bicyclic) bond motifs is 2. The number of Topliss-reactive ketones (excluding diaryl/α,β-unsaturated/α-hetero) is 1. The van der Waals surface area contributed by atoms with Crippen molar-refractivity contribution in [2.75, 3.05) is 5.88 Å². The molecule has 2 N–H and O–H groups in total. The van der Waals surface area contributed by atoms with E-state index < -0.39 is 4.92 Å². The van der Waals surface area contributed by atoms with Gasteiger partial charge in [-0.15, -0.1) is 11.6 Å². The summed E-state index contributed by atoms with van der Waals surface area (Å²) in [6.45, 7) is 5.63. The van der Waals surface area contributed by atoms with E-state index in [-0.39, 0.29) is 11.5 Å². The van der Waals surface area contributed by atoms with E-state index in [1.54, 1.807) is 12.1 Å². The number of carbonyl (C=O) groups excluding carboxylic acids is 1. The second-order valence-electron chi connectivity index (χ2n) is 7.70. The van der Waals surface area contributed by atoms with E-state index in [4.69, 9.17) is 11.6 Å². The number of H-pyrrole nitrogens is 1. The third kappa shape index (κ3) is 4.75. The highest BCUT2D eigenvalue weighted by Crippen LogP contribution is 2.36. The van der Waals surface area contributed by atoms with Crippen molar-refractivity contribution in [1.82, 2.24) is 4.98 Å². The second kappa shape index (κ2) is 9.83. The fourth-order valence-electron chi connectivity index (χ4n) is 3.87. The Morgan fingerprint density at radius 3 is 2.44 bits per heavy atom. The van der Waals surface area contributed by atoms with E-state index in [1.165, 1.54) is 24.6 Å². The van der Waals surface area contributed by atoms with Crippen LogP contribution in [0.3, 0.4) is 0 Å². The van der Waals surface area contributed by atoms with Gasteiger partial charge in [0.05, 0.1) is 10.6 Å². The van der Waals surface area contributed by atoms with Crippen molar-refractivity contribution in [2.24, 2.45) is 0 Å². The highest BCUT2D eigenvalue weighted by Gasteiger charge is 2.16. The lowest BCUT2D eigenvalue weighted by Crippen LogP contribution is -2.02. The van der Waals surface area contributed by atoms with Gasteiger partial charge < -0.3 is 10.1 Å². The molecule has 0 aliphatic carbocycles. The molecule has 0 fully saturated rings. The Morgan fingerprint density at radius 2 is 1.84 bits per heavy atom. The van der Waals surface area contributed by atoms with Gasteiger partial charge in [0.25, 0.3) is 5.69 Å². The van der Waals surface area contributed by atoms with Crippen molar-refractivity contribution in [3.8, 4) is 5.75 Å². The summed E-state index contributed by atoms with van der Waals surface area (Å²) < 4.78 is 0. The Labute approximate surface area is 191 Å². The second-order valence-corrected chi connectivity index (χ2v) is 8.01. The molecule has 7 heteroatoms. The molecule has 0 saturated carbocycles. The molecule has 0 aliphatic heterocycles. The lowest BCUT2D eigenvalue weighted by Gasteiger charge is -2.18. The van der Waals surface area contributed by atoms with Crippen LogP contribution in [0.1, 0.15) is 47.8 Å². The summed E-state index contributed by atoms with van der Waals surface area (Å²) in [5.41, 5.74) is 3.61. The van der Waals surface area contributed by atoms with Gasteiger partial charge in [-0.05, 0) is 54.0 Å². The molecule has 1 aromatic heterocycles. The highest BCUT2D eigenvalue weighted by atomic mass is 35.5. The maximum atomic E-state index is 11.1. The van der Waals surface area contributed by atoms with E-state index in [0.29, 0.717) is 28.6 Å². The van der Waals surface area contributed by atoms with Crippen molar-refractivity contribution >= 4 is 44.7 Å². The normalized spacial score (nSPS) is 11.8. The molecule has 6 nitrogen and oxygen atoms in total. The van der Waals surface area contributed by atoms with Crippen LogP contribution in [0.2, 0.25) is 0 Å². The lowest BCUT2D eigenvalue weighted by molar-refractivity contribution is -0.384. The molecule has 0 aliphatic rings. The maximum Gasteiger partial charge on any atom is 0.270 e. The predicted octanol–water partition coefficient (Wildman–Crippen LogP) is 6.86. The van der Waals surface area contributed by atoms with E-state index in [2.05, 4.69) is 18.0 Å². The number of hydrogen-bond acceptors (Lipinski definition) is 4. The van der Waals surface area contributed by atoms with Crippen LogP contribution in [0.25, 0.3) is 21.7 Å². The van der Waals surface area contributed by atoms with Crippen LogP contribution in [0.4, 0.5) is 5.69 Å². The highest BCUT2D eigenvalue weighted by molar-refractivity contribution is 6.18. The molecule has 0 spiro atoms. The first-order chi connectivity index (χ1) is 15.3. The molecule has 0 amide bonds. The number of nitro benzene ring substituents is 1. The summed E-state index contributed by atoms with van der Waals surface area (Å²) >= 11 is 6.05. The standard InChI is InChI=1S/C15H17ClO.C10H8N2O3/c1-3-11(9-16)15-10(2)8-14(17)12-6-4-5-7-13(12)15;1-6(13)10-5-7-4-8(12(14)15)2-3-9(7)11-10/h4-8,11,17H,3,9H2,1-2H3;2-5,11H,1H3/t11-;/m0./s1. The monoisotopic (exact) mass is 452 g/mol. The summed E-state index contributed by atoms with van der Waals surface area (Å²) in [4.78, 5) is 24.0. The number of benzene rings is 3. The Balaban J connectivity index is 0.000000182. The van der Waals surface area contributed by atoms with Gasteiger partial charge in [-0.3, -0.25) is 14.9 Å². The number of non-ortho nitro benzene ring substituents is 1. The number of hydrogen-bond donors (Lipinski definition) is 2. The summed E-state index contributed by atoms with van der Waals surface area (Å²) in [5.74, 6) is 1.23. The molecule has 3 aromatic carbocycles. The number of aromatic nitrogens is 1. The predicted molar refractivity (Wildman–Crippen MR) is 129 cm³/mol. The summed E-state index contributed by atoms with van der Waals surface area (Å²) in [6, 6.07) is 15.9. The molecule has 4 rings (SSSR count). The number of carbonyl (C=O) groups is 1. The van der Waals surface area contributed by atoms with Crippen molar-refractivity contribution in [3.63, 3.8) is 0 Å². The minimum absolute atomic E-state index is 0.0246. The maximum absolute atomic E-state index is 11.1. The van der Waals surface area contributed by atoms with Gasteiger partial charge in [0.15, 0.2) is 5.78 Å². The summed E-state index contributed by atoms with van der Waals surface area (Å²) in [6.07, 6.45) is 1.01. The van der Waals surface area contributed by atoms with Crippen molar-refractivity contribution in [2.45, 2.75) is 33.1 Å². The number of nitro groups is 1. The summed E-state index contributed by atoms with van der Waals surface area (Å²) in [7, 11) is 0. The SMILES string of the molecule is CC(=O)c1cc2cc([N+](=O)[O-])ccc2[nH]1.CC[C@@H](CCl)c1c(C)cc(O)c2ccccc12. The van der Waals surface area contributed by atoms with Crippen molar-refractivity contribution in [3.05, 3.63) is 81.5 Å². The topological polar surface area (TPSA) is 96.2 Å². The molecule has 0 radical (unpaired) electrons. The molecule has 0 bridgehead atoms. The average molecular weight is 453 g/mol. The molecule has 4 aromatic rings. The molecule has 0 saturated heterocycles. The number of nitrogens with one attached hydrogen (secondary N) is 1. The third-order valence-electron chi connectivity index (χ3n) is 5.55. The van der Waals surface area contributed by atoms with Gasteiger partial charge in [0.1, 0.15) is 5.75 Å². The number of phenolic OH excluding ortho intramolecular Hbond substituents is 1. The number of aromatic hydroxyl groups is 1. The van der Waals surface area contributed by atoms with Crippen molar-refractivity contribution in [1.29, 1.82) is 0 Å². The fourth-order valence-corrected chi connectivity index (χ4v) is 4.24. The van der Waals surface area contributed by atoms with Gasteiger partial charge in [0, 0.05) is 41.2 Å². The first-order valence-corrected chi connectivity index (χ1v) is 10.9. The van der Waals surface area contributed by atoms with Gasteiger partial charge >= 0.3 is 0 Å². The van der Waals surface area contributed by atoms with Crippen LogP contribution in [0, 0.1) is 17.0 Å². The number of rotatable bonds is 5. The number of aryl methyl sites for hydroxylation is 1. The molecule has 1 atom stereocenters. The average Bonchev–Trinajstić information content (AvgIpc) is 3.21. The molecule has 1 heterocycles. The van der Waals surface area contributed by atoms with Crippen LogP contribution in [0.5, 0.6) is 5.75 Å². The molecular weight excluding hydrogens is 428 g/mol. The first-order valence-electron chi connectivity index (χ1n) is 10.3. The first kappa shape index (κ1) is 23.3. The lowest BCUT2D eigenvalue weighted by atomic mass is 9.89. The van der Waals surface area contributed by atoms with Gasteiger partial charge in [0.2, 0.25) is 0 Å². The number of nitrogens with zero attached hydrogens (tertiary/aromatic N) is 1. The third-order valence-corrected chi connectivity index (χ3v) is 5.93. The Morgan fingerprint density at radius 1 is 1.16 bits per heavy atom. The molecule has 32 heavy (non-hydrogen) atoms. The molecular formula is C25H25ClN2O4. The van der Waals surface area contributed by atoms with Crippen LogP contribution in [-0.4, -0.2) is 26.7 Å². The number of aromatic amines is 1. The number of ketones is 1. The smallest absolute Gasteiger partial charge is 0.270 e. The molecule has 0 unspecified atom stereocenters. The van der Waals surface area contributed by atoms with E-state index >= 15 is 0 Å². The van der Waals surface area contributed by atoms with Crippen LogP contribution >= 0.6 is 11.6 Å². The van der Waals surface area contributed by atoms with Gasteiger partial charge in [-0.1, -0.05) is 31.2 Å². The Bertz CT molecular complexity index is 1280. The summed E-state index contributed by atoms with van der Waals surface area (Å²) in [5, 5.41) is 23.2. The Kier molecular flexibility index (Phi) is 7.15. The van der Waals surface area contributed by atoms with E-state index in [9.17, 15) is 20.0 Å². The Hall–Kier alpha value is -3.38. The van der Waals surface area contributed by atoms with Crippen LogP contribution in [0.15, 0.2) is 54.6 Å². The van der Waals surface area contributed by atoms with E-state index in [0.717, 1.165) is 28.3 Å². The van der Waals surface area contributed by atoms with Gasteiger partial charge in [-0.25, -0.2) is 0 Å². The largest absolute Gasteiger partial charge is 0.507 e. The number of halogens is 1. The zero-order valence-electron chi connectivity index (χ0n) is 18.2. The number of alkyl halides is 1. The minimum Gasteiger partial charge on any atom is -0.507 e. The van der Waals surface area contributed by atoms with E-state index in [1.807, 2.05) is 31.2 Å². The van der Waals surface area contributed by atoms with Gasteiger partial charge in [-0.2, -0.15) is 0 Å². The quantitative estimate of drug-likeness (QED) is 0.149. The van der Waals surface area contributed by atoms with Crippen molar-refractivity contribution < 1.29 is 14.8 Å². The molecule has 166 valence electrons. The van der Waals surface area contributed by atoms with Crippen LogP contribution < -0.4 is 0 Å². The van der Waals surface area contributed by atoms with Crippen LogP contribution in [-0.2, 0) is 0 Å². The zero-order valence-corrected chi connectivity index (χ0v) is 18.9. The minimum atomic E-state index is -0.458. The zero-order chi connectivity index (χ0) is 23.4. The number of phenols is 1. The fraction of sp³-hybridized carbons (Fsp3) is 0.240.